The zero-order valence-corrected chi connectivity index (χ0v) is 12.1. The quantitative estimate of drug-likeness (QED) is 0.343. The summed E-state index contributed by atoms with van der Waals surface area (Å²) in [5.41, 5.74) is 5.65. The van der Waals surface area contributed by atoms with Gasteiger partial charge in [-0.15, -0.1) is 30.4 Å². The van der Waals surface area contributed by atoms with Crippen LogP contribution in [0.5, 0.6) is 0 Å². The van der Waals surface area contributed by atoms with Crippen molar-refractivity contribution in [2.45, 2.75) is 25.8 Å². The Morgan fingerprint density at radius 1 is 1.69 bits per heavy atom. The van der Waals surface area contributed by atoms with Gasteiger partial charge in [0.15, 0.2) is 5.96 Å². The number of hydrogen-bond acceptors (Lipinski definition) is 2. The Morgan fingerprint density at radius 3 is 3.06 bits per heavy atom. The van der Waals surface area contributed by atoms with Gasteiger partial charge in [0.2, 0.25) is 0 Å². The molecular formula is C11H21IN4. The van der Waals surface area contributed by atoms with Crippen LogP contribution in [0.3, 0.4) is 0 Å². The molecule has 0 bridgehead atoms. The Balaban J connectivity index is 0.00000225. The summed E-state index contributed by atoms with van der Waals surface area (Å²) in [5.74, 6) is 2.92. The van der Waals surface area contributed by atoms with Crippen LogP contribution in [0.15, 0.2) is 4.99 Å². The summed E-state index contributed by atoms with van der Waals surface area (Å²) in [5, 5.41) is 2.86. The Kier molecular flexibility index (Phi) is 8.39. The average molecular weight is 336 g/mol. The van der Waals surface area contributed by atoms with Gasteiger partial charge in [-0.3, -0.25) is 9.89 Å². The molecule has 16 heavy (non-hydrogen) atoms. The van der Waals surface area contributed by atoms with Gasteiger partial charge in [0.25, 0.3) is 0 Å². The van der Waals surface area contributed by atoms with Gasteiger partial charge in [0.05, 0.1) is 13.1 Å². The van der Waals surface area contributed by atoms with Gasteiger partial charge in [0.1, 0.15) is 0 Å². The molecule has 1 rings (SSSR count). The van der Waals surface area contributed by atoms with Crippen molar-refractivity contribution in [2.75, 3.05) is 26.2 Å². The van der Waals surface area contributed by atoms with Crippen LogP contribution >= 0.6 is 24.0 Å². The highest BCUT2D eigenvalue weighted by Crippen LogP contribution is 2.16. The molecule has 0 spiro atoms. The standard InChI is InChI=1S/C11H20N4.HI/c1-3-7-13-11(12)14-9-10-6-5-8-15(10)4-2;/h1,10H,4-9H2,2H3,(H3,12,13,14);1H. The molecule has 1 unspecified atom stereocenters. The summed E-state index contributed by atoms with van der Waals surface area (Å²) in [6, 6.07) is 0.557. The minimum Gasteiger partial charge on any atom is -0.370 e. The third kappa shape index (κ3) is 5.03. The maximum absolute atomic E-state index is 5.65. The number of likely N-dealkylation sites (tertiary alicyclic amines) is 1. The molecule has 0 aromatic rings. The van der Waals surface area contributed by atoms with E-state index in [1.165, 1.54) is 19.4 Å². The van der Waals surface area contributed by atoms with Crippen molar-refractivity contribution in [2.24, 2.45) is 10.7 Å². The lowest BCUT2D eigenvalue weighted by atomic mass is 10.2. The Morgan fingerprint density at radius 2 is 2.44 bits per heavy atom. The van der Waals surface area contributed by atoms with Gasteiger partial charge in [-0.05, 0) is 25.9 Å². The molecule has 3 N–H and O–H groups in total. The zero-order valence-electron chi connectivity index (χ0n) is 9.78. The largest absolute Gasteiger partial charge is 0.370 e. The molecule has 92 valence electrons. The van der Waals surface area contributed by atoms with Gasteiger partial charge in [-0.1, -0.05) is 12.8 Å². The van der Waals surface area contributed by atoms with Crippen molar-refractivity contribution in [3.63, 3.8) is 0 Å². The van der Waals surface area contributed by atoms with Crippen molar-refractivity contribution < 1.29 is 0 Å². The maximum Gasteiger partial charge on any atom is 0.189 e. The molecule has 0 aromatic heterocycles. The average Bonchev–Trinajstić information content (AvgIpc) is 2.70. The minimum absolute atomic E-state index is 0. The number of terminal acetylenes is 1. The monoisotopic (exact) mass is 336 g/mol. The fourth-order valence-electron chi connectivity index (χ4n) is 1.92. The Labute approximate surface area is 115 Å². The molecule has 0 amide bonds. The lowest BCUT2D eigenvalue weighted by Gasteiger charge is -2.20. The second-order valence-corrected chi connectivity index (χ2v) is 3.71. The smallest absolute Gasteiger partial charge is 0.189 e. The summed E-state index contributed by atoms with van der Waals surface area (Å²) < 4.78 is 0. The Hall–Kier alpha value is -0.480. The highest BCUT2D eigenvalue weighted by atomic mass is 127. The summed E-state index contributed by atoms with van der Waals surface area (Å²) in [4.78, 5) is 6.73. The predicted molar refractivity (Wildman–Crippen MR) is 79.0 cm³/mol. The fraction of sp³-hybridized carbons (Fsp3) is 0.727. The van der Waals surface area contributed by atoms with Crippen molar-refractivity contribution in [3.05, 3.63) is 0 Å². The SMILES string of the molecule is C#CCNC(N)=NCC1CCCN1CC.I. The first-order chi connectivity index (χ1) is 7.27. The first-order valence-electron chi connectivity index (χ1n) is 5.49. The van der Waals surface area contributed by atoms with Crippen molar-refractivity contribution in [1.29, 1.82) is 0 Å². The van der Waals surface area contributed by atoms with Crippen molar-refractivity contribution in [3.8, 4) is 12.3 Å². The predicted octanol–water partition coefficient (Wildman–Crippen LogP) is 0.626. The minimum atomic E-state index is 0. The van der Waals surface area contributed by atoms with Gasteiger partial charge >= 0.3 is 0 Å². The number of rotatable bonds is 4. The van der Waals surface area contributed by atoms with Crippen LogP contribution in [0, 0.1) is 12.3 Å². The van der Waals surface area contributed by atoms with E-state index in [1.807, 2.05) is 0 Å². The summed E-state index contributed by atoms with van der Waals surface area (Å²) in [7, 11) is 0. The highest BCUT2D eigenvalue weighted by molar-refractivity contribution is 14.0. The molecule has 1 fully saturated rings. The molecule has 4 nitrogen and oxygen atoms in total. The molecule has 1 heterocycles. The lowest BCUT2D eigenvalue weighted by Crippen LogP contribution is -2.35. The topological polar surface area (TPSA) is 53.6 Å². The van der Waals surface area contributed by atoms with Crippen molar-refractivity contribution >= 4 is 29.9 Å². The summed E-state index contributed by atoms with van der Waals surface area (Å²) in [6.07, 6.45) is 7.60. The number of likely N-dealkylation sites (N-methyl/N-ethyl adjacent to an activating group) is 1. The van der Waals surface area contributed by atoms with Crippen LogP contribution in [0.1, 0.15) is 19.8 Å². The van der Waals surface area contributed by atoms with E-state index in [1.54, 1.807) is 0 Å². The second kappa shape index (κ2) is 8.65. The second-order valence-electron chi connectivity index (χ2n) is 3.71. The first kappa shape index (κ1) is 15.5. The van der Waals surface area contributed by atoms with Gasteiger partial charge < -0.3 is 11.1 Å². The van der Waals surface area contributed by atoms with E-state index in [-0.39, 0.29) is 24.0 Å². The number of hydrogen-bond donors (Lipinski definition) is 2. The molecule has 1 aliphatic heterocycles. The molecule has 1 saturated heterocycles. The van der Waals surface area contributed by atoms with Gasteiger partial charge in [0, 0.05) is 6.04 Å². The van der Waals surface area contributed by atoms with E-state index >= 15 is 0 Å². The zero-order chi connectivity index (χ0) is 11.1. The van der Waals surface area contributed by atoms with E-state index in [2.05, 4.69) is 28.1 Å². The van der Waals surface area contributed by atoms with E-state index in [4.69, 9.17) is 12.2 Å². The molecule has 0 aliphatic carbocycles. The third-order valence-electron chi connectivity index (χ3n) is 2.75. The van der Waals surface area contributed by atoms with E-state index in [9.17, 15) is 0 Å². The van der Waals surface area contributed by atoms with Crippen LogP contribution in [-0.2, 0) is 0 Å². The number of aliphatic imine (C=N–C) groups is 1. The van der Waals surface area contributed by atoms with Crippen LogP contribution in [-0.4, -0.2) is 43.1 Å². The van der Waals surface area contributed by atoms with Crippen LogP contribution in [0.4, 0.5) is 0 Å². The normalized spacial score (nSPS) is 21.2. The number of nitrogens with zero attached hydrogens (tertiary/aromatic N) is 2. The van der Waals surface area contributed by atoms with Crippen LogP contribution < -0.4 is 11.1 Å². The van der Waals surface area contributed by atoms with Crippen LogP contribution in [0.25, 0.3) is 0 Å². The van der Waals surface area contributed by atoms with Crippen LogP contribution in [0.2, 0.25) is 0 Å². The van der Waals surface area contributed by atoms with Gasteiger partial charge in [-0.25, -0.2) is 0 Å². The molecule has 0 saturated carbocycles. The number of nitrogens with two attached hydrogens (primary N) is 1. The molecule has 0 aromatic carbocycles. The van der Waals surface area contributed by atoms with Gasteiger partial charge in [-0.2, -0.15) is 0 Å². The first-order valence-corrected chi connectivity index (χ1v) is 5.49. The summed E-state index contributed by atoms with van der Waals surface area (Å²) in [6.45, 7) is 5.68. The van der Waals surface area contributed by atoms with E-state index in [0.717, 1.165) is 13.1 Å². The third-order valence-corrected chi connectivity index (χ3v) is 2.75. The van der Waals surface area contributed by atoms with E-state index in [0.29, 0.717) is 18.5 Å². The number of halogens is 1. The maximum atomic E-state index is 5.65. The summed E-state index contributed by atoms with van der Waals surface area (Å²) >= 11 is 0. The van der Waals surface area contributed by atoms with E-state index < -0.39 is 0 Å². The molecule has 1 atom stereocenters. The number of nitrogens with one attached hydrogen (secondary N) is 1. The molecule has 0 radical (unpaired) electrons. The fourth-order valence-corrected chi connectivity index (χ4v) is 1.92. The number of guanidine groups is 1. The lowest BCUT2D eigenvalue weighted by molar-refractivity contribution is 0.273. The van der Waals surface area contributed by atoms with Crippen molar-refractivity contribution in [1.82, 2.24) is 10.2 Å². The molecule has 5 heteroatoms. The molecule has 1 aliphatic rings. The Bertz CT molecular complexity index is 259. The molecular weight excluding hydrogens is 315 g/mol. The highest BCUT2D eigenvalue weighted by Gasteiger charge is 2.22.